The molecule has 4 nitrogen and oxygen atoms in total. The molecular formula is C11H13NO3S. The van der Waals surface area contributed by atoms with Gasteiger partial charge in [-0.25, -0.2) is 8.42 Å². The minimum Gasteiger partial charge on any atom is -0.324 e. The second-order valence-corrected chi connectivity index (χ2v) is 6.29. The van der Waals surface area contributed by atoms with E-state index < -0.39 is 21.0 Å². The number of carbonyl (C=O) groups excluding carboxylic acids is 1. The summed E-state index contributed by atoms with van der Waals surface area (Å²) in [7, 11) is -3.54. The van der Waals surface area contributed by atoms with Gasteiger partial charge in [0.15, 0.2) is 9.84 Å². The van der Waals surface area contributed by atoms with Crippen LogP contribution in [0.15, 0.2) is 17.0 Å². The van der Waals surface area contributed by atoms with Gasteiger partial charge in [-0.05, 0) is 31.9 Å². The summed E-state index contributed by atoms with van der Waals surface area (Å²) in [5, 5.41) is 1.64. The van der Waals surface area contributed by atoms with Crippen molar-refractivity contribution in [2.45, 2.75) is 30.9 Å². The molecule has 0 aliphatic carbocycles. The van der Waals surface area contributed by atoms with Gasteiger partial charge in [0, 0.05) is 0 Å². The summed E-state index contributed by atoms with van der Waals surface area (Å²) < 4.78 is 24.3. The van der Waals surface area contributed by atoms with Crippen molar-refractivity contribution in [1.29, 1.82) is 0 Å². The Kier molecular flexibility index (Phi) is 2.31. The molecule has 1 amide bonds. The first-order valence-corrected chi connectivity index (χ1v) is 6.55. The van der Waals surface area contributed by atoms with E-state index in [-0.39, 0.29) is 4.90 Å². The smallest absolute Gasteiger partial charge is 0.242 e. The van der Waals surface area contributed by atoms with Gasteiger partial charge < -0.3 is 5.32 Å². The van der Waals surface area contributed by atoms with Crippen LogP contribution < -0.4 is 5.32 Å². The van der Waals surface area contributed by atoms with Gasteiger partial charge in [0.1, 0.15) is 5.25 Å². The molecule has 5 heteroatoms. The highest BCUT2D eigenvalue weighted by Gasteiger charge is 2.38. The van der Waals surface area contributed by atoms with E-state index in [1.54, 1.807) is 26.0 Å². The molecule has 1 atom stereocenters. The van der Waals surface area contributed by atoms with Gasteiger partial charge in [0.25, 0.3) is 0 Å². The van der Waals surface area contributed by atoms with Crippen LogP contribution in [0, 0.1) is 13.8 Å². The van der Waals surface area contributed by atoms with Crippen LogP contribution in [0.1, 0.15) is 18.1 Å². The van der Waals surface area contributed by atoms with E-state index >= 15 is 0 Å². The molecule has 1 heterocycles. The van der Waals surface area contributed by atoms with E-state index in [4.69, 9.17) is 0 Å². The number of fused-ring (bicyclic) bond motifs is 1. The third-order valence-corrected chi connectivity index (χ3v) is 5.17. The Morgan fingerprint density at radius 1 is 1.19 bits per heavy atom. The second-order valence-electron chi connectivity index (χ2n) is 4.08. The molecule has 0 fully saturated rings. The summed E-state index contributed by atoms with van der Waals surface area (Å²) in [6, 6.07) is 3.57. The van der Waals surface area contributed by atoms with Crippen LogP contribution >= 0.6 is 0 Å². The average Bonchev–Trinajstić information content (AvgIpc) is 2.20. The fourth-order valence-corrected chi connectivity index (χ4v) is 3.56. The maximum atomic E-state index is 12.1. The van der Waals surface area contributed by atoms with Gasteiger partial charge in [-0.3, -0.25) is 4.79 Å². The van der Waals surface area contributed by atoms with Crippen molar-refractivity contribution >= 4 is 21.4 Å². The zero-order chi connectivity index (χ0) is 12.1. The molecule has 1 aliphatic heterocycles. The maximum Gasteiger partial charge on any atom is 0.242 e. The number of sulfone groups is 1. The molecular weight excluding hydrogens is 226 g/mol. The Bertz CT molecular complexity index is 575. The fourth-order valence-electron chi connectivity index (χ4n) is 1.85. The number of nitrogens with one attached hydrogen (secondary N) is 1. The van der Waals surface area contributed by atoms with Crippen LogP contribution in [0.4, 0.5) is 5.69 Å². The third-order valence-electron chi connectivity index (χ3n) is 2.93. The minimum absolute atomic E-state index is 0.264. The van der Waals surface area contributed by atoms with Crippen LogP contribution in [0.2, 0.25) is 0 Å². The first-order valence-electron chi connectivity index (χ1n) is 5.00. The molecule has 0 saturated heterocycles. The SMILES string of the molecule is Cc1ccc(C)c2c1NC(=O)C(C)S2(=O)=O. The predicted molar refractivity (Wildman–Crippen MR) is 61.2 cm³/mol. The Hall–Kier alpha value is -1.36. The van der Waals surface area contributed by atoms with E-state index in [0.29, 0.717) is 11.3 Å². The topological polar surface area (TPSA) is 63.2 Å². The normalized spacial score (nSPS) is 22.4. The molecule has 0 spiro atoms. The molecule has 0 aromatic heterocycles. The molecule has 86 valence electrons. The second kappa shape index (κ2) is 3.31. The van der Waals surface area contributed by atoms with Gasteiger partial charge >= 0.3 is 0 Å². The van der Waals surface area contributed by atoms with E-state index in [1.165, 1.54) is 6.92 Å². The highest BCUT2D eigenvalue weighted by molar-refractivity contribution is 7.93. The van der Waals surface area contributed by atoms with Gasteiger partial charge in [-0.1, -0.05) is 12.1 Å². The lowest BCUT2D eigenvalue weighted by Gasteiger charge is -2.25. The Morgan fingerprint density at radius 3 is 2.38 bits per heavy atom. The highest BCUT2D eigenvalue weighted by atomic mass is 32.2. The monoisotopic (exact) mass is 239 g/mol. The van der Waals surface area contributed by atoms with Crippen molar-refractivity contribution in [1.82, 2.24) is 0 Å². The number of anilines is 1. The lowest BCUT2D eigenvalue weighted by atomic mass is 10.1. The minimum atomic E-state index is -3.54. The van der Waals surface area contributed by atoms with Gasteiger partial charge in [-0.2, -0.15) is 0 Å². The molecule has 0 radical (unpaired) electrons. The van der Waals surface area contributed by atoms with Gasteiger partial charge in [-0.15, -0.1) is 0 Å². The van der Waals surface area contributed by atoms with E-state index in [1.807, 2.05) is 0 Å². The number of hydrogen-bond donors (Lipinski definition) is 1. The summed E-state index contributed by atoms with van der Waals surface area (Å²) in [6.07, 6.45) is 0. The summed E-state index contributed by atoms with van der Waals surface area (Å²) >= 11 is 0. The number of aryl methyl sites for hydroxylation is 2. The molecule has 16 heavy (non-hydrogen) atoms. The van der Waals surface area contributed by atoms with E-state index in [2.05, 4.69) is 5.32 Å². The lowest BCUT2D eigenvalue weighted by Crippen LogP contribution is -2.38. The average molecular weight is 239 g/mol. The predicted octanol–water partition coefficient (Wildman–Crippen LogP) is 1.42. The summed E-state index contributed by atoms with van der Waals surface area (Å²) in [6.45, 7) is 4.93. The van der Waals surface area contributed by atoms with Crippen LogP contribution in [0.3, 0.4) is 0 Å². The van der Waals surface area contributed by atoms with Crippen LogP contribution in [0.25, 0.3) is 0 Å². The number of hydrogen-bond acceptors (Lipinski definition) is 3. The van der Waals surface area contributed by atoms with Crippen LogP contribution in [0.5, 0.6) is 0 Å². The molecule has 1 unspecified atom stereocenters. The number of rotatable bonds is 0. The quantitative estimate of drug-likeness (QED) is 0.744. The number of benzene rings is 1. The number of amides is 1. The van der Waals surface area contributed by atoms with E-state index in [9.17, 15) is 13.2 Å². The zero-order valence-electron chi connectivity index (χ0n) is 9.37. The summed E-state index contributed by atoms with van der Waals surface area (Å²) in [5.74, 6) is -0.457. The van der Waals surface area contributed by atoms with Crippen molar-refractivity contribution in [3.05, 3.63) is 23.3 Å². The van der Waals surface area contributed by atoms with Crippen molar-refractivity contribution in [3.8, 4) is 0 Å². The Balaban J connectivity index is 2.85. The van der Waals surface area contributed by atoms with Crippen molar-refractivity contribution in [2.75, 3.05) is 5.32 Å². The fraction of sp³-hybridized carbons (Fsp3) is 0.364. The van der Waals surface area contributed by atoms with Crippen molar-refractivity contribution < 1.29 is 13.2 Å². The third kappa shape index (κ3) is 1.35. The lowest BCUT2D eigenvalue weighted by molar-refractivity contribution is -0.115. The maximum absolute atomic E-state index is 12.1. The molecule has 0 bridgehead atoms. The standard InChI is InChI=1S/C11H13NO3S/c1-6-4-5-7(2)10-9(6)12-11(13)8(3)16(10,14)15/h4-5,8H,1-3H3,(H,12,13). The van der Waals surface area contributed by atoms with Gasteiger partial charge in [0.2, 0.25) is 5.91 Å². The summed E-state index contributed by atoms with van der Waals surface area (Å²) in [5.41, 5.74) is 1.87. The van der Waals surface area contributed by atoms with Crippen molar-refractivity contribution in [2.24, 2.45) is 0 Å². The highest BCUT2D eigenvalue weighted by Crippen LogP contribution is 2.35. The largest absolute Gasteiger partial charge is 0.324 e. The molecule has 1 N–H and O–H groups in total. The zero-order valence-corrected chi connectivity index (χ0v) is 10.2. The molecule has 1 aliphatic rings. The van der Waals surface area contributed by atoms with Gasteiger partial charge in [0.05, 0.1) is 10.6 Å². The van der Waals surface area contributed by atoms with Crippen LogP contribution in [-0.2, 0) is 14.6 Å². The first kappa shape index (κ1) is 11.1. The number of carbonyl (C=O) groups is 1. The molecule has 1 aromatic carbocycles. The van der Waals surface area contributed by atoms with Crippen molar-refractivity contribution in [3.63, 3.8) is 0 Å². The van der Waals surface area contributed by atoms with E-state index in [0.717, 1.165) is 5.56 Å². The first-order chi connectivity index (χ1) is 7.35. The summed E-state index contributed by atoms with van der Waals surface area (Å²) in [4.78, 5) is 11.8. The molecule has 1 aromatic rings. The molecule has 0 saturated carbocycles. The van der Waals surface area contributed by atoms with Crippen LogP contribution in [-0.4, -0.2) is 19.6 Å². The molecule has 2 rings (SSSR count). The Labute approximate surface area is 94.6 Å². The Morgan fingerprint density at radius 2 is 1.75 bits per heavy atom.